The Balaban J connectivity index is 3.32. The minimum absolute atomic E-state index is 0.0663. The van der Waals surface area contributed by atoms with Gasteiger partial charge in [-0.1, -0.05) is 117 Å². The first kappa shape index (κ1) is 26.9. The van der Waals surface area contributed by atoms with Crippen molar-refractivity contribution in [1.29, 1.82) is 0 Å². The first-order chi connectivity index (χ1) is 13.7. The van der Waals surface area contributed by atoms with Gasteiger partial charge in [0.1, 0.15) is 0 Å². The van der Waals surface area contributed by atoms with E-state index >= 15 is 0 Å². The van der Waals surface area contributed by atoms with Gasteiger partial charge in [0.15, 0.2) is 0 Å². The monoisotopic (exact) mass is 396 g/mol. The average molecular weight is 397 g/mol. The second kappa shape index (κ2) is 22.2. The Hall–Kier alpha value is -1.06. The second-order valence-electron chi connectivity index (χ2n) is 8.25. The molecule has 166 valence electrons. The summed E-state index contributed by atoms with van der Waals surface area (Å²) in [7, 11) is 0. The van der Waals surface area contributed by atoms with Crippen molar-refractivity contribution in [3.05, 3.63) is 0 Å². The zero-order chi connectivity index (χ0) is 20.7. The van der Waals surface area contributed by atoms with E-state index in [9.17, 15) is 9.59 Å². The van der Waals surface area contributed by atoms with E-state index in [-0.39, 0.29) is 11.8 Å². The first-order valence-corrected chi connectivity index (χ1v) is 12.3. The Morgan fingerprint density at radius 2 is 0.679 bits per heavy atom. The molecule has 0 aliphatic rings. The van der Waals surface area contributed by atoms with E-state index in [1.54, 1.807) is 0 Å². The predicted molar refractivity (Wildman–Crippen MR) is 120 cm³/mol. The number of hydrogen-bond donors (Lipinski definition) is 2. The van der Waals surface area contributed by atoms with Crippen molar-refractivity contribution in [3.63, 3.8) is 0 Å². The third kappa shape index (κ3) is 21.2. The number of carbonyl (C=O) groups excluding carboxylic acids is 2. The lowest BCUT2D eigenvalue weighted by Gasteiger charge is -2.07. The van der Waals surface area contributed by atoms with E-state index in [1.165, 1.54) is 89.9 Å². The largest absolute Gasteiger partial charge is 0.273 e. The van der Waals surface area contributed by atoms with E-state index in [2.05, 4.69) is 24.7 Å². The van der Waals surface area contributed by atoms with Gasteiger partial charge in [-0.05, 0) is 12.8 Å². The lowest BCUT2D eigenvalue weighted by Crippen LogP contribution is -2.41. The van der Waals surface area contributed by atoms with Crippen LogP contribution in [0.2, 0.25) is 0 Å². The number of hydrazine groups is 1. The maximum Gasteiger partial charge on any atom is 0.238 e. The molecule has 0 aromatic carbocycles. The highest BCUT2D eigenvalue weighted by Gasteiger charge is 2.04. The molecular formula is C24H48N2O2. The van der Waals surface area contributed by atoms with Gasteiger partial charge in [0.05, 0.1) is 0 Å². The molecule has 0 atom stereocenters. The molecule has 0 fully saturated rings. The zero-order valence-corrected chi connectivity index (χ0v) is 19.0. The van der Waals surface area contributed by atoms with Gasteiger partial charge in [0.2, 0.25) is 11.8 Å². The number of rotatable bonds is 20. The lowest BCUT2D eigenvalue weighted by atomic mass is 10.1. The summed E-state index contributed by atoms with van der Waals surface area (Å²) in [4.78, 5) is 23.5. The Morgan fingerprint density at radius 1 is 0.429 bits per heavy atom. The predicted octanol–water partition coefficient (Wildman–Crippen LogP) is 6.98. The molecule has 0 aromatic rings. The molecule has 0 saturated carbocycles. The van der Waals surface area contributed by atoms with E-state index in [1.807, 2.05) is 0 Å². The summed E-state index contributed by atoms with van der Waals surface area (Å²) in [6.45, 7) is 4.48. The van der Waals surface area contributed by atoms with Crippen LogP contribution in [0.4, 0.5) is 0 Å². The molecule has 0 bridgehead atoms. The fourth-order valence-corrected chi connectivity index (χ4v) is 3.46. The topological polar surface area (TPSA) is 58.2 Å². The molecule has 0 radical (unpaired) electrons. The molecule has 0 heterocycles. The van der Waals surface area contributed by atoms with Crippen molar-refractivity contribution in [3.8, 4) is 0 Å². The van der Waals surface area contributed by atoms with Gasteiger partial charge in [-0.3, -0.25) is 20.4 Å². The molecule has 4 heteroatoms. The van der Waals surface area contributed by atoms with Crippen LogP contribution >= 0.6 is 0 Å². The smallest absolute Gasteiger partial charge is 0.238 e. The maximum atomic E-state index is 11.8. The fourth-order valence-electron chi connectivity index (χ4n) is 3.46. The van der Waals surface area contributed by atoms with Crippen molar-refractivity contribution in [2.24, 2.45) is 0 Å². The number of amides is 2. The minimum Gasteiger partial charge on any atom is -0.273 e. The molecule has 28 heavy (non-hydrogen) atoms. The molecule has 0 aliphatic heterocycles. The average Bonchev–Trinajstić information content (AvgIpc) is 2.69. The van der Waals surface area contributed by atoms with Gasteiger partial charge < -0.3 is 0 Å². The number of nitrogens with one attached hydrogen (secondary N) is 2. The highest BCUT2D eigenvalue weighted by Crippen LogP contribution is 2.11. The van der Waals surface area contributed by atoms with Crippen LogP contribution in [-0.2, 0) is 9.59 Å². The van der Waals surface area contributed by atoms with Crippen LogP contribution in [-0.4, -0.2) is 11.8 Å². The van der Waals surface area contributed by atoms with E-state index in [4.69, 9.17) is 0 Å². The molecule has 0 aromatic heterocycles. The normalized spacial score (nSPS) is 10.8. The SMILES string of the molecule is CCCCCCCCCCCC(=O)NNC(=O)CCCCCCCCCCC. The van der Waals surface area contributed by atoms with Gasteiger partial charge in [0.25, 0.3) is 0 Å². The molecule has 2 N–H and O–H groups in total. The lowest BCUT2D eigenvalue weighted by molar-refractivity contribution is -0.129. The van der Waals surface area contributed by atoms with Crippen LogP contribution in [0, 0.1) is 0 Å². The van der Waals surface area contributed by atoms with Crippen molar-refractivity contribution in [2.75, 3.05) is 0 Å². The molecule has 4 nitrogen and oxygen atoms in total. The standard InChI is InChI=1S/C24H48N2O2/c1-3-5-7-9-11-13-15-17-19-21-23(27)25-26-24(28)22-20-18-16-14-12-10-8-6-4-2/h3-22H2,1-2H3,(H,25,27)(H,26,28). The molecule has 2 amide bonds. The van der Waals surface area contributed by atoms with Gasteiger partial charge >= 0.3 is 0 Å². The summed E-state index contributed by atoms with van der Waals surface area (Å²) in [5.41, 5.74) is 5.10. The number of hydrogen-bond acceptors (Lipinski definition) is 2. The summed E-state index contributed by atoms with van der Waals surface area (Å²) in [6.07, 6.45) is 23.4. The van der Waals surface area contributed by atoms with Crippen molar-refractivity contribution in [2.45, 2.75) is 142 Å². The quantitative estimate of drug-likeness (QED) is 0.172. The van der Waals surface area contributed by atoms with Crippen LogP contribution in [0.5, 0.6) is 0 Å². The van der Waals surface area contributed by atoms with Crippen molar-refractivity contribution >= 4 is 11.8 Å². The second-order valence-corrected chi connectivity index (χ2v) is 8.25. The summed E-state index contributed by atoms with van der Waals surface area (Å²) in [6, 6.07) is 0. The van der Waals surface area contributed by atoms with Crippen LogP contribution in [0.1, 0.15) is 142 Å². The summed E-state index contributed by atoms with van der Waals surface area (Å²) >= 11 is 0. The Labute approximate surface area is 175 Å². The van der Waals surface area contributed by atoms with Crippen LogP contribution in [0.15, 0.2) is 0 Å². The minimum atomic E-state index is -0.0663. The van der Waals surface area contributed by atoms with Crippen LogP contribution in [0.25, 0.3) is 0 Å². The molecule has 0 unspecified atom stereocenters. The third-order valence-electron chi connectivity index (χ3n) is 5.36. The van der Waals surface area contributed by atoms with Crippen LogP contribution in [0.3, 0.4) is 0 Å². The molecule has 0 rings (SSSR count). The molecule has 0 aliphatic carbocycles. The van der Waals surface area contributed by atoms with Crippen molar-refractivity contribution < 1.29 is 9.59 Å². The van der Waals surface area contributed by atoms with Gasteiger partial charge in [-0.15, -0.1) is 0 Å². The number of unbranched alkanes of at least 4 members (excludes halogenated alkanes) is 16. The first-order valence-electron chi connectivity index (χ1n) is 12.3. The van der Waals surface area contributed by atoms with E-state index < -0.39 is 0 Å². The molecule has 0 saturated heterocycles. The fraction of sp³-hybridized carbons (Fsp3) is 0.917. The van der Waals surface area contributed by atoms with Crippen LogP contribution < -0.4 is 10.9 Å². The van der Waals surface area contributed by atoms with Gasteiger partial charge in [-0.2, -0.15) is 0 Å². The van der Waals surface area contributed by atoms with E-state index in [0.717, 1.165) is 25.7 Å². The maximum absolute atomic E-state index is 11.8. The summed E-state index contributed by atoms with van der Waals surface area (Å²) in [5, 5.41) is 0. The highest BCUT2D eigenvalue weighted by atomic mass is 16.2. The highest BCUT2D eigenvalue weighted by molar-refractivity contribution is 5.81. The van der Waals surface area contributed by atoms with Gasteiger partial charge in [0, 0.05) is 12.8 Å². The van der Waals surface area contributed by atoms with E-state index in [0.29, 0.717) is 12.8 Å². The molecule has 0 spiro atoms. The third-order valence-corrected chi connectivity index (χ3v) is 5.36. The Kier molecular flexibility index (Phi) is 21.4. The van der Waals surface area contributed by atoms with Gasteiger partial charge in [-0.25, -0.2) is 0 Å². The van der Waals surface area contributed by atoms with Crippen molar-refractivity contribution in [1.82, 2.24) is 10.9 Å². The zero-order valence-electron chi connectivity index (χ0n) is 19.0. The Bertz CT molecular complexity index is 325. The summed E-state index contributed by atoms with van der Waals surface area (Å²) < 4.78 is 0. The number of carbonyl (C=O) groups is 2. The molecular weight excluding hydrogens is 348 g/mol. The summed E-state index contributed by atoms with van der Waals surface area (Å²) in [5.74, 6) is -0.133. The Morgan fingerprint density at radius 3 is 0.964 bits per heavy atom.